The van der Waals surface area contributed by atoms with E-state index in [1.54, 1.807) is 0 Å². The highest BCUT2D eigenvalue weighted by atomic mass is 16.2. The van der Waals surface area contributed by atoms with Crippen molar-refractivity contribution in [2.45, 2.75) is 58.4 Å². The second-order valence-electron chi connectivity index (χ2n) is 4.93. The van der Waals surface area contributed by atoms with Crippen molar-refractivity contribution in [1.29, 1.82) is 0 Å². The first kappa shape index (κ1) is 13.5. The lowest BCUT2D eigenvalue weighted by molar-refractivity contribution is -0.132. The van der Waals surface area contributed by atoms with E-state index < -0.39 is 0 Å². The predicted octanol–water partition coefficient (Wildman–Crippen LogP) is 2.15. The summed E-state index contributed by atoms with van der Waals surface area (Å²) in [4.78, 5) is 14.0. The number of hydrogen-bond acceptors (Lipinski definition) is 2. The van der Waals surface area contributed by atoms with Crippen LogP contribution in [-0.2, 0) is 4.79 Å². The van der Waals surface area contributed by atoms with Crippen LogP contribution in [0.4, 0.5) is 0 Å². The summed E-state index contributed by atoms with van der Waals surface area (Å²) < 4.78 is 0. The van der Waals surface area contributed by atoms with E-state index in [1.807, 2.05) is 4.90 Å². The Labute approximate surface area is 99.4 Å². The summed E-state index contributed by atoms with van der Waals surface area (Å²) in [5.41, 5.74) is 5.89. The molecular formula is C13H26N2O. The van der Waals surface area contributed by atoms with Gasteiger partial charge in [-0.05, 0) is 31.6 Å². The maximum atomic E-state index is 12.0. The number of likely N-dealkylation sites (tertiary alicyclic amines) is 1. The van der Waals surface area contributed by atoms with E-state index >= 15 is 0 Å². The predicted molar refractivity (Wildman–Crippen MR) is 67.1 cm³/mol. The SMILES string of the molecule is CCC[C@H](N)C(=O)N1CCCC(CC)CC1. The van der Waals surface area contributed by atoms with Gasteiger partial charge in [-0.1, -0.05) is 26.7 Å². The van der Waals surface area contributed by atoms with E-state index in [0.717, 1.165) is 44.7 Å². The van der Waals surface area contributed by atoms with Gasteiger partial charge in [0, 0.05) is 13.1 Å². The molecule has 1 fully saturated rings. The highest BCUT2D eigenvalue weighted by molar-refractivity contribution is 5.81. The third-order valence-corrected chi connectivity index (χ3v) is 3.65. The first-order valence-electron chi connectivity index (χ1n) is 6.73. The van der Waals surface area contributed by atoms with Crippen LogP contribution in [0.1, 0.15) is 52.4 Å². The molecule has 3 nitrogen and oxygen atoms in total. The quantitative estimate of drug-likeness (QED) is 0.798. The number of hydrogen-bond donors (Lipinski definition) is 1. The van der Waals surface area contributed by atoms with Gasteiger partial charge in [-0.15, -0.1) is 0 Å². The smallest absolute Gasteiger partial charge is 0.239 e. The highest BCUT2D eigenvalue weighted by Gasteiger charge is 2.23. The first-order chi connectivity index (χ1) is 7.69. The van der Waals surface area contributed by atoms with Gasteiger partial charge in [0.15, 0.2) is 0 Å². The van der Waals surface area contributed by atoms with Crippen LogP contribution in [0.15, 0.2) is 0 Å². The molecule has 1 saturated heterocycles. The second-order valence-corrected chi connectivity index (χ2v) is 4.93. The van der Waals surface area contributed by atoms with E-state index in [4.69, 9.17) is 5.73 Å². The molecule has 1 aliphatic heterocycles. The summed E-state index contributed by atoms with van der Waals surface area (Å²) in [5.74, 6) is 0.971. The zero-order valence-electron chi connectivity index (χ0n) is 10.7. The van der Waals surface area contributed by atoms with Gasteiger partial charge in [0.05, 0.1) is 6.04 Å². The lowest BCUT2D eigenvalue weighted by atomic mass is 9.98. The Morgan fingerprint density at radius 3 is 2.75 bits per heavy atom. The molecule has 0 saturated carbocycles. The van der Waals surface area contributed by atoms with Crippen molar-refractivity contribution in [3.8, 4) is 0 Å². The fourth-order valence-electron chi connectivity index (χ4n) is 2.46. The zero-order chi connectivity index (χ0) is 12.0. The molecule has 16 heavy (non-hydrogen) atoms. The largest absolute Gasteiger partial charge is 0.341 e. The van der Waals surface area contributed by atoms with Gasteiger partial charge in [0.25, 0.3) is 0 Å². The van der Waals surface area contributed by atoms with Gasteiger partial charge >= 0.3 is 0 Å². The van der Waals surface area contributed by atoms with Gasteiger partial charge in [0.1, 0.15) is 0 Å². The molecule has 2 N–H and O–H groups in total. The Bertz CT molecular complexity index is 218. The third kappa shape index (κ3) is 3.78. The van der Waals surface area contributed by atoms with Crippen molar-refractivity contribution >= 4 is 5.91 Å². The van der Waals surface area contributed by atoms with Gasteiger partial charge in [-0.2, -0.15) is 0 Å². The average molecular weight is 226 g/mol. The molecule has 94 valence electrons. The number of nitrogens with two attached hydrogens (primary N) is 1. The van der Waals surface area contributed by atoms with Crippen LogP contribution in [0.5, 0.6) is 0 Å². The van der Waals surface area contributed by atoms with Crippen LogP contribution in [-0.4, -0.2) is 29.9 Å². The zero-order valence-corrected chi connectivity index (χ0v) is 10.7. The van der Waals surface area contributed by atoms with Gasteiger partial charge in [0.2, 0.25) is 5.91 Å². The normalized spacial score (nSPS) is 23.9. The minimum Gasteiger partial charge on any atom is -0.341 e. The summed E-state index contributed by atoms with van der Waals surface area (Å²) in [6.07, 6.45) is 6.60. The van der Waals surface area contributed by atoms with Crippen molar-refractivity contribution in [3.05, 3.63) is 0 Å². The number of rotatable bonds is 4. The van der Waals surface area contributed by atoms with E-state index in [9.17, 15) is 4.79 Å². The van der Waals surface area contributed by atoms with Crippen LogP contribution >= 0.6 is 0 Å². The molecule has 1 heterocycles. The molecule has 1 amide bonds. The summed E-state index contributed by atoms with van der Waals surface area (Å²) >= 11 is 0. The Kier molecular flexibility index (Phi) is 5.81. The summed E-state index contributed by atoms with van der Waals surface area (Å²) in [7, 11) is 0. The van der Waals surface area contributed by atoms with Crippen molar-refractivity contribution in [3.63, 3.8) is 0 Å². The highest BCUT2D eigenvalue weighted by Crippen LogP contribution is 2.20. The summed E-state index contributed by atoms with van der Waals surface area (Å²) in [6.45, 7) is 6.13. The monoisotopic (exact) mass is 226 g/mol. The Hall–Kier alpha value is -0.570. The van der Waals surface area contributed by atoms with Crippen LogP contribution in [0, 0.1) is 5.92 Å². The maximum Gasteiger partial charge on any atom is 0.239 e. The Morgan fingerprint density at radius 1 is 1.38 bits per heavy atom. The molecular weight excluding hydrogens is 200 g/mol. The lowest BCUT2D eigenvalue weighted by Crippen LogP contribution is -2.44. The fourth-order valence-corrected chi connectivity index (χ4v) is 2.46. The van der Waals surface area contributed by atoms with E-state index in [-0.39, 0.29) is 11.9 Å². The van der Waals surface area contributed by atoms with Gasteiger partial charge in [-0.25, -0.2) is 0 Å². The molecule has 0 aromatic rings. The first-order valence-corrected chi connectivity index (χ1v) is 6.73. The van der Waals surface area contributed by atoms with E-state index in [2.05, 4.69) is 13.8 Å². The number of carbonyl (C=O) groups excluding carboxylic acids is 1. The molecule has 0 bridgehead atoms. The van der Waals surface area contributed by atoms with Gasteiger partial charge in [-0.3, -0.25) is 4.79 Å². The van der Waals surface area contributed by atoms with Crippen LogP contribution in [0.3, 0.4) is 0 Å². The fraction of sp³-hybridized carbons (Fsp3) is 0.923. The maximum absolute atomic E-state index is 12.0. The van der Waals surface area contributed by atoms with Crippen LogP contribution in [0.25, 0.3) is 0 Å². The molecule has 1 rings (SSSR count). The van der Waals surface area contributed by atoms with Crippen molar-refractivity contribution in [2.24, 2.45) is 11.7 Å². The average Bonchev–Trinajstić information content (AvgIpc) is 2.53. The number of carbonyl (C=O) groups is 1. The third-order valence-electron chi connectivity index (χ3n) is 3.65. The minimum atomic E-state index is -0.275. The van der Waals surface area contributed by atoms with Crippen molar-refractivity contribution in [2.75, 3.05) is 13.1 Å². The number of amides is 1. The minimum absolute atomic E-state index is 0.165. The topological polar surface area (TPSA) is 46.3 Å². The van der Waals surface area contributed by atoms with Crippen LogP contribution in [0.2, 0.25) is 0 Å². The van der Waals surface area contributed by atoms with Gasteiger partial charge < -0.3 is 10.6 Å². The van der Waals surface area contributed by atoms with E-state index in [0.29, 0.717) is 0 Å². The Morgan fingerprint density at radius 2 is 2.12 bits per heavy atom. The standard InChI is InChI=1S/C13H26N2O/c1-3-6-12(14)13(16)15-9-5-7-11(4-2)8-10-15/h11-12H,3-10,14H2,1-2H3/t11?,12-/m0/s1. The van der Waals surface area contributed by atoms with E-state index in [1.165, 1.54) is 12.8 Å². The molecule has 1 aliphatic rings. The summed E-state index contributed by atoms with van der Waals surface area (Å²) in [6, 6.07) is -0.275. The Balaban J connectivity index is 2.44. The lowest BCUT2D eigenvalue weighted by Gasteiger charge is -2.24. The molecule has 1 unspecified atom stereocenters. The molecule has 0 radical (unpaired) electrons. The molecule has 0 aromatic carbocycles. The number of nitrogens with zero attached hydrogens (tertiary/aromatic N) is 1. The van der Waals surface area contributed by atoms with Crippen molar-refractivity contribution < 1.29 is 4.79 Å². The molecule has 0 spiro atoms. The molecule has 2 atom stereocenters. The second kappa shape index (κ2) is 6.89. The molecule has 0 aliphatic carbocycles. The van der Waals surface area contributed by atoms with Crippen LogP contribution < -0.4 is 5.73 Å². The summed E-state index contributed by atoms with van der Waals surface area (Å²) in [5, 5.41) is 0. The molecule has 0 aromatic heterocycles. The van der Waals surface area contributed by atoms with Crippen molar-refractivity contribution in [1.82, 2.24) is 4.90 Å². The molecule has 3 heteroatoms.